The normalized spacial score (nSPS) is 31.3. The summed E-state index contributed by atoms with van der Waals surface area (Å²) in [6.07, 6.45) is 5.89. The van der Waals surface area contributed by atoms with Gasteiger partial charge in [-0.2, -0.15) is 0 Å². The number of halogens is 1. The quantitative estimate of drug-likeness (QED) is 0.701. The Morgan fingerprint density at radius 2 is 1.96 bits per heavy atom. The molecule has 1 aliphatic heterocycles. The van der Waals surface area contributed by atoms with Crippen molar-refractivity contribution >= 4 is 29.0 Å². The predicted octanol–water partition coefficient (Wildman–Crippen LogP) is 4.56. The predicted molar refractivity (Wildman–Crippen MR) is 97.7 cm³/mol. The van der Waals surface area contributed by atoms with Gasteiger partial charge in [0.25, 0.3) is 0 Å². The number of carbonyl (C=O) groups is 3. The van der Waals surface area contributed by atoms with Crippen molar-refractivity contribution in [3.8, 4) is 5.75 Å². The Morgan fingerprint density at radius 1 is 1.23 bits per heavy atom. The summed E-state index contributed by atoms with van der Waals surface area (Å²) in [5.41, 5.74) is 0.971. The molecular weight excluding hydrogens is 352 g/mol. The summed E-state index contributed by atoms with van der Waals surface area (Å²) >= 11 is 5.93. The Balaban J connectivity index is 1.32. The van der Waals surface area contributed by atoms with Gasteiger partial charge in [0, 0.05) is 17.9 Å². The van der Waals surface area contributed by atoms with E-state index in [9.17, 15) is 14.4 Å². The average molecular weight is 375 g/mol. The molecule has 4 aliphatic rings. The first-order valence-corrected chi connectivity index (χ1v) is 9.69. The molecular formula is C21H23ClO4. The van der Waals surface area contributed by atoms with Gasteiger partial charge in [0.1, 0.15) is 11.5 Å². The third-order valence-electron chi connectivity index (χ3n) is 6.28. The van der Waals surface area contributed by atoms with Gasteiger partial charge in [-0.15, -0.1) is 0 Å². The Morgan fingerprint density at radius 3 is 2.65 bits per heavy atom. The van der Waals surface area contributed by atoms with Crippen molar-refractivity contribution in [2.24, 2.45) is 10.8 Å². The van der Waals surface area contributed by atoms with Crippen molar-refractivity contribution in [2.75, 3.05) is 0 Å². The molecule has 5 rings (SSSR count). The Bertz CT molecular complexity index is 777. The number of fused-ring (bicyclic) bond motifs is 1. The van der Waals surface area contributed by atoms with E-state index in [-0.39, 0.29) is 29.2 Å². The molecule has 138 valence electrons. The zero-order valence-electron chi connectivity index (χ0n) is 15.0. The van der Waals surface area contributed by atoms with Crippen LogP contribution in [0.4, 0.5) is 0 Å². The zero-order chi connectivity index (χ0) is 18.5. The first-order valence-electron chi connectivity index (χ1n) is 9.32. The molecule has 3 saturated carbocycles. The van der Waals surface area contributed by atoms with Gasteiger partial charge in [-0.05, 0) is 68.1 Å². The van der Waals surface area contributed by atoms with Crippen molar-refractivity contribution in [1.29, 1.82) is 0 Å². The molecule has 0 N–H and O–H groups in total. The minimum absolute atomic E-state index is 0.0379. The van der Waals surface area contributed by atoms with Gasteiger partial charge in [-0.1, -0.05) is 11.6 Å². The molecule has 1 heterocycles. The maximum absolute atomic E-state index is 12.7. The van der Waals surface area contributed by atoms with E-state index in [1.807, 2.05) is 0 Å². The van der Waals surface area contributed by atoms with Crippen LogP contribution in [0.2, 0.25) is 5.02 Å². The van der Waals surface area contributed by atoms with Crippen LogP contribution in [0.1, 0.15) is 68.6 Å². The first kappa shape index (κ1) is 17.7. The van der Waals surface area contributed by atoms with E-state index in [4.69, 9.17) is 16.3 Å². The molecule has 0 saturated heterocycles. The van der Waals surface area contributed by atoms with Gasteiger partial charge < -0.3 is 9.53 Å². The minimum atomic E-state index is -0.668. The minimum Gasteiger partial charge on any atom is -0.481 e. The highest BCUT2D eigenvalue weighted by atomic mass is 35.5. The summed E-state index contributed by atoms with van der Waals surface area (Å²) < 4.78 is 5.80. The molecule has 0 radical (unpaired) electrons. The van der Waals surface area contributed by atoms with Crippen LogP contribution in [-0.2, 0) is 9.59 Å². The van der Waals surface area contributed by atoms with Crippen LogP contribution in [-0.4, -0.2) is 23.5 Å². The van der Waals surface area contributed by atoms with Crippen molar-refractivity contribution < 1.29 is 19.1 Å². The molecule has 1 aromatic carbocycles. The fourth-order valence-electron chi connectivity index (χ4n) is 5.36. The van der Waals surface area contributed by atoms with Crippen molar-refractivity contribution in [3.63, 3.8) is 0 Å². The average Bonchev–Trinajstić information content (AvgIpc) is 2.51. The van der Waals surface area contributed by atoms with Crippen LogP contribution in [0, 0.1) is 10.8 Å². The molecule has 1 atom stereocenters. The number of Topliss-reactive ketones (excluding diaryl/α,β-unsaturated/α-hetero) is 3. The fourth-order valence-corrected chi connectivity index (χ4v) is 5.53. The van der Waals surface area contributed by atoms with Gasteiger partial charge in [0.05, 0.1) is 12.0 Å². The van der Waals surface area contributed by atoms with Crippen LogP contribution in [0.25, 0.3) is 0 Å². The van der Waals surface area contributed by atoms with Crippen LogP contribution >= 0.6 is 11.6 Å². The molecule has 2 bridgehead atoms. The fraction of sp³-hybridized carbons (Fsp3) is 0.571. The molecule has 4 nitrogen and oxygen atoms in total. The lowest BCUT2D eigenvalue weighted by atomic mass is 9.33. The summed E-state index contributed by atoms with van der Waals surface area (Å²) in [7, 11) is 0. The third-order valence-corrected chi connectivity index (χ3v) is 6.51. The SMILES string of the molecule is CC(=O)CCCC12CC(CC(=O)[C@@H]3CC(=O)c4cc(Cl)ccc4O3)(C1)C2. The number of rotatable bonds is 7. The van der Waals surface area contributed by atoms with Gasteiger partial charge in [0.2, 0.25) is 0 Å². The lowest BCUT2D eigenvalue weighted by molar-refractivity contribution is -0.212. The largest absolute Gasteiger partial charge is 0.481 e. The maximum atomic E-state index is 12.7. The number of ketones is 3. The number of hydrogen-bond donors (Lipinski definition) is 0. The maximum Gasteiger partial charge on any atom is 0.174 e. The Hall–Kier alpha value is -1.68. The summed E-state index contributed by atoms with van der Waals surface area (Å²) in [6, 6.07) is 4.94. The molecule has 3 aliphatic carbocycles. The van der Waals surface area contributed by atoms with Crippen LogP contribution in [0.3, 0.4) is 0 Å². The number of carbonyl (C=O) groups excluding carboxylic acids is 3. The topological polar surface area (TPSA) is 60.4 Å². The van der Waals surface area contributed by atoms with Gasteiger partial charge in [-0.3, -0.25) is 9.59 Å². The summed E-state index contributed by atoms with van der Waals surface area (Å²) in [6.45, 7) is 1.64. The first-order chi connectivity index (χ1) is 12.3. The highest BCUT2D eigenvalue weighted by molar-refractivity contribution is 6.31. The molecule has 0 unspecified atom stereocenters. The highest BCUT2D eigenvalue weighted by Crippen LogP contribution is 2.76. The number of benzene rings is 1. The summed E-state index contributed by atoms with van der Waals surface area (Å²) in [5.74, 6) is 0.672. The van der Waals surface area contributed by atoms with E-state index in [0.717, 1.165) is 32.1 Å². The van der Waals surface area contributed by atoms with E-state index >= 15 is 0 Å². The molecule has 0 spiro atoms. The van der Waals surface area contributed by atoms with Gasteiger partial charge >= 0.3 is 0 Å². The van der Waals surface area contributed by atoms with Crippen LogP contribution in [0.5, 0.6) is 5.75 Å². The summed E-state index contributed by atoms with van der Waals surface area (Å²) in [5, 5.41) is 0.495. The highest BCUT2D eigenvalue weighted by Gasteiger charge is 2.67. The van der Waals surface area contributed by atoms with E-state index in [0.29, 0.717) is 34.6 Å². The van der Waals surface area contributed by atoms with E-state index in [2.05, 4.69) is 0 Å². The van der Waals surface area contributed by atoms with Gasteiger partial charge in [0.15, 0.2) is 17.7 Å². The molecule has 1 aromatic rings. The molecule has 26 heavy (non-hydrogen) atoms. The Labute approximate surface area is 158 Å². The Kier molecular flexibility index (Phi) is 4.22. The standard InChI is InChI=1S/C21H23ClO4/c1-13(23)3-2-6-20-10-21(11-20,12-20)9-17(25)19-8-16(24)15-7-14(22)4-5-18(15)26-19/h4-5,7,19H,2-3,6,8-12H2,1H3/t19-,20?,21?/m0/s1. The van der Waals surface area contributed by atoms with Crippen LogP contribution < -0.4 is 4.74 Å². The van der Waals surface area contributed by atoms with Crippen molar-refractivity contribution in [2.45, 2.75) is 64.4 Å². The van der Waals surface area contributed by atoms with E-state index in [1.54, 1.807) is 25.1 Å². The van der Waals surface area contributed by atoms with Crippen molar-refractivity contribution in [3.05, 3.63) is 28.8 Å². The lowest BCUT2D eigenvalue weighted by Gasteiger charge is -2.71. The van der Waals surface area contributed by atoms with E-state index in [1.165, 1.54) is 0 Å². The van der Waals surface area contributed by atoms with Gasteiger partial charge in [-0.25, -0.2) is 0 Å². The molecule has 0 amide bonds. The molecule has 3 fully saturated rings. The molecule has 0 aromatic heterocycles. The smallest absolute Gasteiger partial charge is 0.174 e. The number of hydrogen-bond acceptors (Lipinski definition) is 4. The number of ether oxygens (including phenoxy) is 1. The van der Waals surface area contributed by atoms with Crippen LogP contribution in [0.15, 0.2) is 18.2 Å². The zero-order valence-corrected chi connectivity index (χ0v) is 15.7. The third kappa shape index (κ3) is 3.09. The lowest BCUT2D eigenvalue weighted by Crippen LogP contribution is -2.62. The summed E-state index contributed by atoms with van der Waals surface area (Å²) in [4.78, 5) is 36.1. The second-order valence-corrected chi connectivity index (χ2v) is 9.04. The van der Waals surface area contributed by atoms with Crippen molar-refractivity contribution in [1.82, 2.24) is 0 Å². The monoisotopic (exact) mass is 374 g/mol. The van der Waals surface area contributed by atoms with E-state index < -0.39 is 6.10 Å². The second-order valence-electron chi connectivity index (χ2n) is 8.60. The molecule has 5 heteroatoms. The second kappa shape index (κ2) is 6.19.